The molecule has 0 bridgehead atoms. The second-order valence-corrected chi connectivity index (χ2v) is 30.1. The van der Waals surface area contributed by atoms with Crippen molar-refractivity contribution in [3.05, 3.63) is 170 Å². The number of ether oxygens (including phenoxy) is 2. The molecule has 0 saturated carbocycles. The van der Waals surface area contributed by atoms with Crippen molar-refractivity contribution in [2.24, 2.45) is 0 Å². The van der Waals surface area contributed by atoms with Crippen LogP contribution >= 0.6 is 7.82 Å². The molecule has 9 nitrogen and oxygen atoms in total. The molecule has 0 aliphatic rings. The van der Waals surface area contributed by atoms with Crippen molar-refractivity contribution in [3.63, 3.8) is 0 Å². The van der Waals surface area contributed by atoms with E-state index >= 15 is 0 Å². The van der Waals surface area contributed by atoms with E-state index < -0.39 is 26.5 Å². The van der Waals surface area contributed by atoms with Crippen LogP contribution in [0.1, 0.15) is 348 Å². The van der Waals surface area contributed by atoms with Crippen LogP contribution in [0, 0.1) is 0 Å². The molecule has 102 heavy (non-hydrogen) atoms. The minimum atomic E-state index is -4.66. The van der Waals surface area contributed by atoms with Gasteiger partial charge in [0.1, 0.15) is 19.8 Å². The zero-order chi connectivity index (χ0) is 74.0. The average Bonchev–Trinajstić information content (AvgIpc) is 0.913. The van der Waals surface area contributed by atoms with E-state index in [4.69, 9.17) is 18.5 Å². The predicted octanol–water partition coefficient (Wildman–Crippen LogP) is 27.8. The summed E-state index contributed by atoms with van der Waals surface area (Å²) in [5.41, 5.74) is 0. The van der Waals surface area contributed by atoms with E-state index in [0.29, 0.717) is 17.4 Å². The number of likely N-dealkylation sites (N-methyl/N-ethyl adjacent to an activating group) is 1. The van der Waals surface area contributed by atoms with Gasteiger partial charge in [-0.15, -0.1) is 0 Å². The van der Waals surface area contributed by atoms with Crippen molar-refractivity contribution in [2.75, 3.05) is 47.5 Å². The molecule has 0 aromatic carbocycles. The highest BCUT2D eigenvalue weighted by molar-refractivity contribution is 7.45. The highest BCUT2D eigenvalue weighted by Crippen LogP contribution is 2.38. The first-order chi connectivity index (χ1) is 50.0. The van der Waals surface area contributed by atoms with Crippen molar-refractivity contribution in [1.29, 1.82) is 0 Å². The lowest BCUT2D eigenvalue weighted by molar-refractivity contribution is -0.870. The van der Waals surface area contributed by atoms with Crippen molar-refractivity contribution in [3.8, 4) is 0 Å². The monoisotopic (exact) mass is 1430 g/mol. The van der Waals surface area contributed by atoms with E-state index in [1.807, 2.05) is 21.1 Å². The molecule has 0 spiro atoms. The van der Waals surface area contributed by atoms with Gasteiger partial charge in [-0.25, -0.2) is 0 Å². The van der Waals surface area contributed by atoms with Crippen molar-refractivity contribution in [2.45, 2.75) is 354 Å². The van der Waals surface area contributed by atoms with E-state index in [1.165, 1.54) is 167 Å². The number of phosphoric acid groups is 1. The Hall–Kier alpha value is -4.63. The first-order valence-electron chi connectivity index (χ1n) is 41.8. The Balaban J connectivity index is 3.99. The van der Waals surface area contributed by atoms with Crippen molar-refractivity contribution in [1.82, 2.24) is 0 Å². The maximum absolute atomic E-state index is 12.9. The van der Waals surface area contributed by atoms with E-state index in [9.17, 15) is 19.0 Å². The number of carbonyl (C=O) groups is 2. The summed E-state index contributed by atoms with van der Waals surface area (Å²) >= 11 is 0. The van der Waals surface area contributed by atoms with E-state index in [-0.39, 0.29) is 32.0 Å². The predicted molar refractivity (Wildman–Crippen MR) is 443 cm³/mol. The maximum Gasteiger partial charge on any atom is 0.306 e. The van der Waals surface area contributed by atoms with Gasteiger partial charge in [-0.2, -0.15) is 0 Å². The van der Waals surface area contributed by atoms with Gasteiger partial charge in [-0.1, -0.05) is 377 Å². The SMILES string of the molecule is CC/C=C\C/C=C\C/C=C\C/C=C\C/C=C\C/C=C\C/C=C\C/C=C\C/C=C\C/C=C\CCCCCCCCC(=O)OC(COC(=O)CCCCCCCCCCCCCCCCCCCCCCCCCCCCCC/C=C\C/C=C\C/C=C\C/C=C\CC)COP(=O)([O-])OCC[N+](C)(C)C. The van der Waals surface area contributed by atoms with Crippen LogP contribution in [0.3, 0.4) is 0 Å². The molecule has 0 fully saturated rings. The normalized spacial score (nSPS) is 13.9. The number of hydrogen-bond acceptors (Lipinski definition) is 8. The van der Waals surface area contributed by atoms with E-state index in [0.717, 1.165) is 148 Å². The first-order valence-corrected chi connectivity index (χ1v) is 43.3. The topological polar surface area (TPSA) is 111 Å². The van der Waals surface area contributed by atoms with Gasteiger partial charge in [0.15, 0.2) is 6.10 Å². The quantitative estimate of drug-likeness (QED) is 0.0195. The van der Waals surface area contributed by atoms with E-state index in [1.54, 1.807) is 0 Å². The number of carbonyl (C=O) groups excluding carboxylic acids is 2. The number of rotatable bonds is 76. The molecular weight excluding hydrogens is 1280 g/mol. The summed E-state index contributed by atoms with van der Waals surface area (Å²) in [5.74, 6) is -0.847. The standard InChI is InChI=1S/C92H156NO8P/c1-6-8-10-12-14-16-18-20-22-24-26-28-30-32-34-36-38-40-42-44-45-46-47-49-50-52-54-56-58-60-62-64-66-68-70-72-74-76-78-80-82-84-91(94)98-88-90(89-100-102(96,97)99-87-86-93(3,4)5)101-92(95)85-83-81-79-77-75-73-71-69-67-65-63-61-59-57-55-53-51-48-43-41-39-37-35-33-31-29-27-25-23-21-19-17-15-13-11-9-7-2/h8-11,14-17,20-23,26-29,33,35,39,41,48,51,55,57,61,63,67,69,90H,6-7,12-13,18-19,24-25,30-32,34,36-38,40,42-47,49-50,52-54,56,58-60,62,64-66,68,70-89H2,1-5H3/b10-8-,11-9-,16-14-,17-15-,22-20-,23-21-,28-26-,29-27-,35-33-,41-39-,51-48-,57-55-,63-61-,69-67-. The number of hydrogen-bond donors (Lipinski definition) is 0. The molecule has 0 aromatic rings. The highest BCUT2D eigenvalue weighted by atomic mass is 31.2. The van der Waals surface area contributed by atoms with Gasteiger partial charge in [0.25, 0.3) is 7.82 Å². The van der Waals surface area contributed by atoms with Crippen LogP contribution in [0.25, 0.3) is 0 Å². The molecule has 0 rings (SSSR count). The summed E-state index contributed by atoms with van der Waals surface area (Å²) in [5, 5.41) is 0. The molecular formula is C92H156NO8P. The van der Waals surface area contributed by atoms with Crippen molar-refractivity contribution >= 4 is 19.8 Å². The van der Waals surface area contributed by atoms with Gasteiger partial charge in [0, 0.05) is 12.8 Å². The van der Waals surface area contributed by atoms with Crippen LogP contribution < -0.4 is 4.89 Å². The Morgan fingerprint density at radius 3 is 0.784 bits per heavy atom. The van der Waals surface area contributed by atoms with Gasteiger partial charge in [-0.3, -0.25) is 14.2 Å². The van der Waals surface area contributed by atoms with Crippen LogP contribution in [-0.4, -0.2) is 70.0 Å². The van der Waals surface area contributed by atoms with Gasteiger partial charge >= 0.3 is 11.9 Å². The molecule has 0 heterocycles. The van der Waals surface area contributed by atoms with Gasteiger partial charge < -0.3 is 27.9 Å². The van der Waals surface area contributed by atoms with Crippen molar-refractivity contribution < 1.29 is 42.1 Å². The van der Waals surface area contributed by atoms with Crippen LogP contribution in [-0.2, 0) is 32.7 Å². The van der Waals surface area contributed by atoms with Crippen LogP contribution in [0.15, 0.2) is 170 Å². The number of unbranched alkanes of at least 4 members (excludes halogenated alkanes) is 34. The summed E-state index contributed by atoms with van der Waals surface area (Å²) in [6.07, 6.45) is 122. The Labute approximate surface area is 629 Å². The molecule has 2 unspecified atom stereocenters. The van der Waals surface area contributed by atoms with Crippen LogP contribution in [0.4, 0.5) is 0 Å². The smallest absolute Gasteiger partial charge is 0.306 e. The minimum absolute atomic E-state index is 0.0401. The third kappa shape index (κ3) is 84.3. The lowest BCUT2D eigenvalue weighted by Crippen LogP contribution is -2.37. The van der Waals surface area contributed by atoms with Gasteiger partial charge in [0.2, 0.25) is 0 Å². The summed E-state index contributed by atoms with van der Waals surface area (Å²) in [6.45, 7) is 4.01. The number of phosphoric ester groups is 1. The van der Waals surface area contributed by atoms with Gasteiger partial charge in [-0.05, 0) is 128 Å². The molecule has 0 N–H and O–H groups in total. The van der Waals surface area contributed by atoms with Gasteiger partial charge in [0.05, 0.1) is 27.7 Å². The second kappa shape index (κ2) is 80.5. The zero-order valence-corrected chi connectivity index (χ0v) is 67.4. The number of allylic oxidation sites excluding steroid dienone is 28. The Bertz CT molecular complexity index is 2340. The fourth-order valence-corrected chi connectivity index (χ4v) is 12.2. The molecule has 10 heteroatoms. The Morgan fingerprint density at radius 1 is 0.304 bits per heavy atom. The Kier molecular flexibility index (Phi) is 76.8. The number of quaternary nitrogens is 1. The van der Waals surface area contributed by atoms with E-state index in [2.05, 4.69) is 184 Å². The average molecular weight is 1440 g/mol. The summed E-state index contributed by atoms with van der Waals surface area (Å²) in [4.78, 5) is 38.2. The fourth-order valence-electron chi connectivity index (χ4n) is 11.4. The third-order valence-corrected chi connectivity index (χ3v) is 18.7. The summed E-state index contributed by atoms with van der Waals surface area (Å²) in [7, 11) is 1.15. The summed E-state index contributed by atoms with van der Waals surface area (Å²) in [6, 6.07) is 0. The fraction of sp³-hybridized carbons (Fsp3) is 0.674. The summed E-state index contributed by atoms with van der Waals surface area (Å²) < 4.78 is 34.4. The minimum Gasteiger partial charge on any atom is -0.756 e. The van der Waals surface area contributed by atoms with Crippen LogP contribution in [0.2, 0.25) is 0 Å². The molecule has 0 aromatic heterocycles. The maximum atomic E-state index is 12.9. The highest BCUT2D eigenvalue weighted by Gasteiger charge is 2.22. The number of nitrogens with zero attached hydrogens (tertiary/aromatic N) is 1. The second-order valence-electron chi connectivity index (χ2n) is 28.7. The molecule has 2 atom stereocenters. The largest absolute Gasteiger partial charge is 0.756 e. The number of esters is 2. The molecule has 0 radical (unpaired) electrons. The molecule has 582 valence electrons. The lowest BCUT2D eigenvalue weighted by Gasteiger charge is -2.28. The molecule has 0 aliphatic carbocycles. The Morgan fingerprint density at radius 2 is 0.529 bits per heavy atom. The first kappa shape index (κ1) is 97.4. The third-order valence-electron chi connectivity index (χ3n) is 17.7. The lowest BCUT2D eigenvalue weighted by atomic mass is 10.0. The van der Waals surface area contributed by atoms with Crippen LogP contribution in [0.5, 0.6) is 0 Å². The zero-order valence-electron chi connectivity index (χ0n) is 66.5. The molecule has 0 amide bonds. The molecule has 0 saturated heterocycles. The molecule has 0 aliphatic heterocycles.